The second-order valence-electron chi connectivity index (χ2n) is 3.84. The molecule has 17 heavy (non-hydrogen) atoms. The van der Waals surface area contributed by atoms with Gasteiger partial charge < -0.3 is 20.4 Å². The van der Waals surface area contributed by atoms with Gasteiger partial charge in [0.25, 0.3) is 5.56 Å². The van der Waals surface area contributed by atoms with Gasteiger partial charge in [-0.25, -0.2) is 4.98 Å². The van der Waals surface area contributed by atoms with Crippen LogP contribution in [0.1, 0.15) is 12.8 Å². The van der Waals surface area contributed by atoms with Crippen LogP contribution in [0, 0.1) is 0 Å². The molecule has 1 aliphatic heterocycles. The Morgan fingerprint density at radius 1 is 1.71 bits per heavy atom. The van der Waals surface area contributed by atoms with Gasteiger partial charge in [-0.1, -0.05) is 0 Å². The highest BCUT2D eigenvalue weighted by Gasteiger charge is 2.32. The summed E-state index contributed by atoms with van der Waals surface area (Å²) < 4.78 is 5.02. The summed E-state index contributed by atoms with van der Waals surface area (Å²) in [5.41, 5.74) is 4.95. The quantitative estimate of drug-likeness (QED) is 0.720. The van der Waals surface area contributed by atoms with Crippen molar-refractivity contribution in [3.63, 3.8) is 0 Å². The number of nitrogens with two attached hydrogens (primary N) is 1. The van der Waals surface area contributed by atoms with Gasteiger partial charge in [-0.3, -0.25) is 9.59 Å². The molecule has 0 spiro atoms. The van der Waals surface area contributed by atoms with Gasteiger partial charge in [0.15, 0.2) is 5.82 Å². The second kappa shape index (κ2) is 4.44. The Balaban J connectivity index is 2.43. The number of carbonyl (C=O) groups is 1. The number of nitrogens with zero attached hydrogens (tertiary/aromatic N) is 2. The molecule has 3 N–H and O–H groups in total. The molecule has 2 rings (SSSR count). The van der Waals surface area contributed by atoms with Crippen LogP contribution >= 0.6 is 0 Å². The van der Waals surface area contributed by atoms with Gasteiger partial charge in [0, 0.05) is 6.54 Å². The number of rotatable bonds is 3. The second-order valence-corrected chi connectivity index (χ2v) is 3.84. The Morgan fingerprint density at radius 3 is 3.12 bits per heavy atom. The predicted molar refractivity (Wildman–Crippen MR) is 61.0 cm³/mol. The summed E-state index contributed by atoms with van der Waals surface area (Å²) in [5.74, 6) is 0.0739. The van der Waals surface area contributed by atoms with Gasteiger partial charge in [-0.15, -0.1) is 0 Å². The van der Waals surface area contributed by atoms with Crippen molar-refractivity contribution in [3.05, 3.63) is 16.7 Å². The van der Waals surface area contributed by atoms with Crippen molar-refractivity contribution in [1.82, 2.24) is 9.97 Å². The minimum atomic E-state index is -0.418. The van der Waals surface area contributed by atoms with Crippen LogP contribution in [0.2, 0.25) is 0 Å². The normalized spacial score (nSPS) is 19.4. The minimum Gasteiger partial charge on any atom is -0.489 e. The van der Waals surface area contributed by atoms with E-state index < -0.39 is 11.9 Å². The lowest BCUT2D eigenvalue weighted by Crippen LogP contribution is -2.41. The van der Waals surface area contributed by atoms with Crippen molar-refractivity contribution in [2.75, 3.05) is 18.6 Å². The van der Waals surface area contributed by atoms with Gasteiger partial charge in [0.2, 0.25) is 11.7 Å². The lowest BCUT2D eigenvalue weighted by molar-refractivity contribution is -0.119. The third-order valence-corrected chi connectivity index (χ3v) is 2.85. The zero-order valence-corrected chi connectivity index (χ0v) is 9.47. The average molecular weight is 238 g/mol. The van der Waals surface area contributed by atoms with E-state index in [0.717, 1.165) is 6.42 Å². The Bertz CT molecular complexity index is 485. The fourth-order valence-corrected chi connectivity index (χ4v) is 2.08. The summed E-state index contributed by atoms with van der Waals surface area (Å²) in [6.45, 7) is 0.639. The van der Waals surface area contributed by atoms with E-state index >= 15 is 0 Å². The smallest absolute Gasteiger partial charge is 0.295 e. The van der Waals surface area contributed by atoms with Crippen molar-refractivity contribution in [2.24, 2.45) is 5.73 Å². The van der Waals surface area contributed by atoms with Crippen LogP contribution < -0.4 is 20.9 Å². The molecule has 0 aliphatic carbocycles. The Morgan fingerprint density at radius 2 is 2.47 bits per heavy atom. The SMILES string of the molecule is COc1c(N2CCCC2C(N)=O)nc[nH]c1=O. The topological polar surface area (TPSA) is 101 Å². The van der Waals surface area contributed by atoms with Crippen LogP contribution in [-0.4, -0.2) is 35.6 Å². The van der Waals surface area contributed by atoms with Crippen molar-refractivity contribution in [3.8, 4) is 5.75 Å². The molecular weight excluding hydrogens is 224 g/mol. The summed E-state index contributed by atoms with van der Waals surface area (Å²) in [4.78, 5) is 31.0. The molecule has 1 aromatic heterocycles. The highest BCUT2D eigenvalue weighted by molar-refractivity contribution is 5.84. The lowest BCUT2D eigenvalue weighted by atomic mass is 10.2. The number of hydrogen-bond acceptors (Lipinski definition) is 5. The third kappa shape index (κ3) is 1.95. The molecule has 7 nitrogen and oxygen atoms in total. The van der Waals surface area contributed by atoms with Gasteiger partial charge in [-0.05, 0) is 12.8 Å². The van der Waals surface area contributed by atoms with E-state index in [9.17, 15) is 9.59 Å². The first-order valence-electron chi connectivity index (χ1n) is 5.32. The van der Waals surface area contributed by atoms with Crippen LogP contribution in [-0.2, 0) is 4.79 Å². The monoisotopic (exact) mass is 238 g/mol. The number of nitrogens with one attached hydrogen (secondary N) is 1. The van der Waals surface area contributed by atoms with Gasteiger partial charge in [0.05, 0.1) is 13.4 Å². The summed E-state index contributed by atoms with van der Waals surface area (Å²) in [7, 11) is 1.39. The standard InChI is InChI=1S/C10H14N4O3/c1-17-7-9(12-5-13-10(7)16)14-4-2-3-6(14)8(11)15/h5-6H,2-4H2,1H3,(H2,11,15)(H,12,13,16). The highest BCUT2D eigenvalue weighted by Crippen LogP contribution is 2.28. The molecule has 0 bridgehead atoms. The van der Waals surface area contributed by atoms with Gasteiger partial charge in [-0.2, -0.15) is 0 Å². The molecule has 1 fully saturated rings. The van der Waals surface area contributed by atoms with Crippen LogP contribution in [0.3, 0.4) is 0 Å². The molecule has 1 saturated heterocycles. The van der Waals surface area contributed by atoms with Crippen molar-refractivity contribution in [1.29, 1.82) is 0 Å². The van der Waals surface area contributed by atoms with Crippen molar-refractivity contribution < 1.29 is 9.53 Å². The fourth-order valence-electron chi connectivity index (χ4n) is 2.08. The van der Waals surface area contributed by atoms with Crippen molar-refractivity contribution >= 4 is 11.7 Å². The zero-order valence-electron chi connectivity index (χ0n) is 9.47. The van der Waals surface area contributed by atoms with E-state index in [4.69, 9.17) is 10.5 Å². The third-order valence-electron chi connectivity index (χ3n) is 2.85. The number of amides is 1. The first-order valence-corrected chi connectivity index (χ1v) is 5.32. The van der Waals surface area contributed by atoms with Crippen LogP contribution in [0.15, 0.2) is 11.1 Å². The molecule has 1 amide bonds. The van der Waals surface area contributed by atoms with Gasteiger partial charge in [0.1, 0.15) is 6.04 Å². The zero-order chi connectivity index (χ0) is 12.4. The molecule has 1 aromatic rings. The number of ether oxygens (including phenoxy) is 1. The van der Waals surface area contributed by atoms with E-state index in [-0.39, 0.29) is 11.3 Å². The Labute approximate surface area is 97.6 Å². The number of aromatic amines is 1. The van der Waals surface area contributed by atoms with E-state index in [1.165, 1.54) is 13.4 Å². The van der Waals surface area contributed by atoms with E-state index in [1.54, 1.807) is 4.90 Å². The molecule has 0 aromatic carbocycles. The highest BCUT2D eigenvalue weighted by atomic mass is 16.5. The van der Waals surface area contributed by atoms with Crippen molar-refractivity contribution in [2.45, 2.75) is 18.9 Å². The largest absolute Gasteiger partial charge is 0.489 e. The number of H-pyrrole nitrogens is 1. The van der Waals surface area contributed by atoms with Crippen LogP contribution in [0.4, 0.5) is 5.82 Å². The van der Waals surface area contributed by atoms with E-state index in [2.05, 4.69) is 9.97 Å². The molecule has 92 valence electrons. The van der Waals surface area contributed by atoms with Crippen LogP contribution in [0.5, 0.6) is 5.75 Å². The number of hydrogen-bond donors (Lipinski definition) is 2. The molecule has 0 saturated carbocycles. The molecular formula is C10H14N4O3. The molecule has 7 heteroatoms. The minimum absolute atomic E-state index is 0.112. The Hall–Kier alpha value is -2.05. The molecule has 2 heterocycles. The maximum Gasteiger partial charge on any atom is 0.295 e. The summed E-state index contributed by atoms with van der Waals surface area (Å²) in [6.07, 6.45) is 2.80. The fraction of sp³-hybridized carbons (Fsp3) is 0.500. The maximum absolute atomic E-state index is 11.5. The van der Waals surface area contributed by atoms with Crippen LogP contribution in [0.25, 0.3) is 0 Å². The molecule has 1 aliphatic rings. The summed E-state index contributed by atoms with van der Waals surface area (Å²) >= 11 is 0. The predicted octanol–water partition coefficient (Wildman–Crippen LogP) is -0.767. The Kier molecular flexibility index (Phi) is 2.99. The lowest BCUT2D eigenvalue weighted by Gasteiger charge is -2.23. The summed E-state index contributed by atoms with van der Waals surface area (Å²) in [6, 6.07) is -0.418. The number of carbonyl (C=O) groups excluding carboxylic acids is 1. The number of aromatic nitrogens is 2. The average Bonchev–Trinajstić information content (AvgIpc) is 2.77. The molecule has 0 radical (unpaired) electrons. The molecule has 1 atom stereocenters. The van der Waals surface area contributed by atoms with E-state index in [0.29, 0.717) is 18.8 Å². The summed E-state index contributed by atoms with van der Waals surface area (Å²) in [5, 5.41) is 0. The van der Waals surface area contributed by atoms with E-state index in [1.807, 2.05) is 0 Å². The maximum atomic E-state index is 11.5. The molecule has 1 unspecified atom stereocenters. The number of methoxy groups -OCH3 is 1. The first kappa shape index (κ1) is 11.4. The number of anilines is 1. The first-order chi connectivity index (χ1) is 8.15. The number of primary amides is 1. The van der Waals surface area contributed by atoms with Gasteiger partial charge >= 0.3 is 0 Å².